The minimum Gasteiger partial charge on any atom is -0.492 e. The molecule has 6 nitrogen and oxygen atoms in total. The van der Waals surface area contributed by atoms with E-state index in [4.69, 9.17) is 14.2 Å². The van der Waals surface area contributed by atoms with Gasteiger partial charge in [0.2, 0.25) is 6.79 Å². The first kappa shape index (κ1) is 18.8. The van der Waals surface area contributed by atoms with Gasteiger partial charge in [-0.15, -0.1) is 0 Å². The third-order valence-corrected chi connectivity index (χ3v) is 4.29. The molecule has 0 saturated carbocycles. The fourth-order valence-corrected chi connectivity index (χ4v) is 2.77. The van der Waals surface area contributed by atoms with Crippen LogP contribution in [-0.4, -0.2) is 32.5 Å². The van der Waals surface area contributed by atoms with Crippen molar-refractivity contribution in [3.8, 4) is 17.2 Å². The maximum atomic E-state index is 13.9. The van der Waals surface area contributed by atoms with Gasteiger partial charge in [0.05, 0.1) is 6.54 Å². The molecule has 0 fully saturated rings. The molecule has 2 N–H and O–H groups in total. The van der Waals surface area contributed by atoms with Crippen LogP contribution >= 0.6 is 0 Å². The zero-order valence-electron chi connectivity index (χ0n) is 15.4. The number of urea groups is 1. The van der Waals surface area contributed by atoms with Gasteiger partial charge < -0.3 is 24.8 Å². The molecule has 0 unspecified atom stereocenters. The van der Waals surface area contributed by atoms with E-state index in [2.05, 4.69) is 10.6 Å². The van der Waals surface area contributed by atoms with Crippen molar-refractivity contribution in [2.24, 2.45) is 0 Å². The summed E-state index contributed by atoms with van der Waals surface area (Å²) >= 11 is 0. The molecule has 3 rings (SSSR count). The Hall–Kier alpha value is -2.96. The minimum atomic E-state index is -0.522. The molecule has 0 atom stereocenters. The molecule has 0 aromatic heterocycles. The molecule has 1 heterocycles. The van der Waals surface area contributed by atoms with Crippen LogP contribution in [0, 0.1) is 5.82 Å². The summed E-state index contributed by atoms with van der Waals surface area (Å²) in [6.07, 6.45) is 0. The van der Waals surface area contributed by atoms with Gasteiger partial charge in [-0.1, -0.05) is 32.0 Å². The molecule has 7 heteroatoms. The van der Waals surface area contributed by atoms with Crippen molar-refractivity contribution in [1.29, 1.82) is 0 Å². The Morgan fingerprint density at radius 1 is 1.15 bits per heavy atom. The summed E-state index contributed by atoms with van der Waals surface area (Å²) in [5.74, 6) is 1.70. The van der Waals surface area contributed by atoms with Crippen molar-refractivity contribution in [3.05, 3.63) is 53.8 Å². The molecule has 0 saturated heterocycles. The van der Waals surface area contributed by atoms with Crippen LogP contribution in [-0.2, 0) is 5.41 Å². The average Bonchev–Trinajstić information content (AvgIpc) is 3.12. The number of carbonyl (C=O) groups is 1. The van der Waals surface area contributed by atoms with Crippen molar-refractivity contribution in [2.45, 2.75) is 19.3 Å². The van der Waals surface area contributed by atoms with Gasteiger partial charge in [0.25, 0.3) is 0 Å². The number of hydrogen-bond donors (Lipinski definition) is 2. The lowest BCUT2D eigenvalue weighted by molar-refractivity contribution is 0.173. The van der Waals surface area contributed by atoms with Crippen LogP contribution in [0.15, 0.2) is 42.5 Å². The van der Waals surface area contributed by atoms with Gasteiger partial charge in [-0.2, -0.15) is 0 Å². The molecular formula is C20H23FN2O4. The number of rotatable bonds is 7. The van der Waals surface area contributed by atoms with E-state index in [1.165, 1.54) is 6.07 Å². The summed E-state index contributed by atoms with van der Waals surface area (Å²) in [7, 11) is 0. The summed E-state index contributed by atoms with van der Waals surface area (Å²) in [5, 5.41) is 5.49. The Balaban J connectivity index is 1.39. The quantitative estimate of drug-likeness (QED) is 0.731. The lowest BCUT2D eigenvalue weighted by Gasteiger charge is -2.26. The van der Waals surface area contributed by atoms with E-state index >= 15 is 0 Å². The van der Waals surface area contributed by atoms with Gasteiger partial charge in [0, 0.05) is 18.0 Å². The molecule has 2 amide bonds. The SMILES string of the molecule is CC(C)(CNC(=O)NCCOc1ccc2c(c1)OCO2)c1ccccc1F. The van der Waals surface area contributed by atoms with Crippen molar-refractivity contribution in [3.63, 3.8) is 0 Å². The first-order chi connectivity index (χ1) is 13.0. The van der Waals surface area contributed by atoms with Gasteiger partial charge >= 0.3 is 6.03 Å². The third kappa shape index (κ3) is 4.81. The molecule has 0 bridgehead atoms. The highest BCUT2D eigenvalue weighted by atomic mass is 19.1. The maximum absolute atomic E-state index is 13.9. The molecule has 144 valence electrons. The van der Waals surface area contributed by atoms with E-state index in [1.807, 2.05) is 13.8 Å². The largest absolute Gasteiger partial charge is 0.492 e. The Morgan fingerprint density at radius 2 is 1.93 bits per heavy atom. The van der Waals surface area contributed by atoms with Gasteiger partial charge in [-0.05, 0) is 23.8 Å². The second kappa shape index (κ2) is 8.16. The number of nitrogens with one attached hydrogen (secondary N) is 2. The van der Waals surface area contributed by atoms with Crippen molar-refractivity contribution < 1.29 is 23.4 Å². The number of carbonyl (C=O) groups excluding carboxylic acids is 1. The molecule has 2 aromatic carbocycles. The fourth-order valence-electron chi connectivity index (χ4n) is 2.77. The van der Waals surface area contributed by atoms with E-state index < -0.39 is 5.41 Å². The number of halogens is 1. The highest BCUT2D eigenvalue weighted by molar-refractivity contribution is 5.73. The van der Waals surface area contributed by atoms with Crippen molar-refractivity contribution in [2.75, 3.05) is 26.5 Å². The van der Waals surface area contributed by atoms with E-state index in [9.17, 15) is 9.18 Å². The van der Waals surface area contributed by atoms with Crippen LogP contribution in [0.25, 0.3) is 0 Å². The number of benzene rings is 2. The highest BCUT2D eigenvalue weighted by Gasteiger charge is 2.24. The number of ether oxygens (including phenoxy) is 3. The predicted octanol–water partition coefficient (Wildman–Crippen LogP) is 3.21. The Morgan fingerprint density at radius 3 is 2.74 bits per heavy atom. The van der Waals surface area contributed by atoms with Crippen LogP contribution in [0.2, 0.25) is 0 Å². The molecule has 0 aliphatic carbocycles. The third-order valence-electron chi connectivity index (χ3n) is 4.29. The molecule has 27 heavy (non-hydrogen) atoms. The van der Waals surface area contributed by atoms with E-state index in [0.29, 0.717) is 42.5 Å². The topological polar surface area (TPSA) is 68.8 Å². The number of fused-ring (bicyclic) bond motifs is 1. The number of hydrogen-bond acceptors (Lipinski definition) is 4. The summed E-state index contributed by atoms with van der Waals surface area (Å²) in [6, 6.07) is 11.6. The normalized spacial score (nSPS) is 12.6. The molecular weight excluding hydrogens is 351 g/mol. The Bertz CT molecular complexity index is 810. The second-order valence-corrected chi connectivity index (χ2v) is 6.84. The maximum Gasteiger partial charge on any atom is 0.314 e. The van der Waals surface area contributed by atoms with Crippen LogP contribution in [0.5, 0.6) is 17.2 Å². The van der Waals surface area contributed by atoms with Crippen LogP contribution in [0.1, 0.15) is 19.4 Å². The van der Waals surface area contributed by atoms with E-state index in [-0.39, 0.29) is 18.6 Å². The van der Waals surface area contributed by atoms with Gasteiger partial charge in [-0.3, -0.25) is 0 Å². The number of amides is 2. The fraction of sp³-hybridized carbons (Fsp3) is 0.350. The monoisotopic (exact) mass is 374 g/mol. The standard InChI is InChI=1S/C20H23FN2O4/c1-20(2,15-5-3-4-6-16(15)21)12-23-19(24)22-9-10-25-14-7-8-17-18(11-14)27-13-26-17/h3-8,11H,9-10,12-13H2,1-2H3,(H2,22,23,24). The molecule has 1 aliphatic rings. The first-order valence-electron chi connectivity index (χ1n) is 8.75. The van der Waals surface area contributed by atoms with Crippen molar-refractivity contribution in [1.82, 2.24) is 10.6 Å². The lowest BCUT2D eigenvalue weighted by Crippen LogP contribution is -2.43. The van der Waals surface area contributed by atoms with Crippen LogP contribution in [0.3, 0.4) is 0 Å². The van der Waals surface area contributed by atoms with E-state index in [1.54, 1.807) is 36.4 Å². The Labute approximate surface area is 157 Å². The summed E-state index contributed by atoms with van der Waals surface area (Å²) in [5.41, 5.74) is 0.0440. The minimum absolute atomic E-state index is 0.212. The Kier molecular flexibility index (Phi) is 5.69. The smallest absolute Gasteiger partial charge is 0.314 e. The highest BCUT2D eigenvalue weighted by Crippen LogP contribution is 2.35. The van der Waals surface area contributed by atoms with Gasteiger partial charge in [0.15, 0.2) is 11.5 Å². The zero-order valence-corrected chi connectivity index (χ0v) is 15.4. The van der Waals surface area contributed by atoms with Crippen LogP contribution in [0.4, 0.5) is 9.18 Å². The predicted molar refractivity (Wildman–Crippen MR) is 98.9 cm³/mol. The summed E-state index contributed by atoms with van der Waals surface area (Å²) in [4.78, 5) is 12.0. The summed E-state index contributed by atoms with van der Waals surface area (Å²) in [6.45, 7) is 4.93. The van der Waals surface area contributed by atoms with E-state index in [0.717, 1.165) is 0 Å². The zero-order chi connectivity index (χ0) is 19.3. The van der Waals surface area contributed by atoms with Crippen molar-refractivity contribution >= 4 is 6.03 Å². The molecule has 0 radical (unpaired) electrons. The second-order valence-electron chi connectivity index (χ2n) is 6.84. The molecule has 1 aliphatic heterocycles. The summed E-state index contributed by atoms with van der Waals surface area (Å²) < 4.78 is 30.0. The lowest BCUT2D eigenvalue weighted by atomic mass is 9.84. The average molecular weight is 374 g/mol. The molecule has 0 spiro atoms. The van der Waals surface area contributed by atoms with Crippen LogP contribution < -0.4 is 24.8 Å². The van der Waals surface area contributed by atoms with Gasteiger partial charge in [-0.25, -0.2) is 9.18 Å². The molecule has 2 aromatic rings. The van der Waals surface area contributed by atoms with Gasteiger partial charge in [0.1, 0.15) is 18.2 Å². The first-order valence-corrected chi connectivity index (χ1v) is 8.75.